The molecule has 1 fully saturated rings. The summed E-state index contributed by atoms with van der Waals surface area (Å²) in [7, 11) is -1.89. The standard InChI is InChI=1S/C20H32O4Si/c1-20(2,3)25(4,5)24-17-12-9-13-22-18(17)14-19(21)23-15-16-10-7-6-8-11-16/h6-8,10-11,17-18H,9,12-15H2,1-5H3/t17-,18-/m1/s1. The molecule has 1 heterocycles. The van der Waals surface area contributed by atoms with Crippen molar-refractivity contribution < 1.29 is 18.7 Å². The van der Waals surface area contributed by atoms with E-state index in [9.17, 15) is 4.79 Å². The highest BCUT2D eigenvalue weighted by atomic mass is 28.4. The van der Waals surface area contributed by atoms with Crippen LogP contribution in [0.1, 0.15) is 45.6 Å². The monoisotopic (exact) mass is 364 g/mol. The maximum Gasteiger partial charge on any atom is 0.308 e. The molecule has 0 bridgehead atoms. The number of esters is 1. The van der Waals surface area contributed by atoms with E-state index < -0.39 is 8.32 Å². The molecule has 1 aliphatic heterocycles. The van der Waals surface area contributed by atoms with Gasteiger partial charge in [0, 0.05) is 6.61 Å². The van der Waals surface area contributed by atoms with Crippen LogP contribution in [0.3, 0.4) is 0 Å². The summed E-state index contributed by atoms with van der Waals surface area (Å²) >= 11 is 0. The van der Waals surface area contributed by atoms with Gasteiger partial charge in [0.05, 0.1) is 18.6 Å². The minimum Gasteiger partial charge on any atom is -0.461 e. The fraction of sp³-hybridized carbons (Fsp3) is 0.650. The Morgan fingerprint density at radius 3 is 2.56 bits per heavy atom. The summed E-state index contributed by atoms with van der Waals surface area (Å²) in [4.78, 5) is 12.2. The highest BCUT2D eigenvalue weighted by molar-refractivity contribution is 6.74. The Bertz CT molecular complexity index is 551. The van der Waals surface area contributed by atoms with Crippen LogP contribution in [-0.2, 0) is 25.3 Å². The largest absolute Gasteiger partial charge is 0.461 e. The van der Waals surface area contributed by atoms with Gasteiger partial charge in [-0.1, -0.05) is 51.1 Å². The van der Waals surface area contributed by atoms with Crippen molar-refractivity contribution >= 4 is 14.3 Å². The molecule has 0 aliphatic carbocycles. The lowest BCUT2D eigenvalue weighted by atomic mass is 10.0. The number of benzene rings is 1. The van der Waals surface area contributed by atoms with Gasteiger partial charge in [-0.2, -0.15) is 0 Å². The molecule has 1 aromatic carbocycles. The third kappa shape index (κ3) is 5.94. The Kier molecular flexibility index (Phi) is 6.83. The molecule has 0 spiro atoms. The van der Waals surface area contributed by atoms with Gasteiger partial charge in [-0.05, 0) is 36.5 Å². The highest BCUT2D eigenvalue weighted by Crippen LogP contribution is 2.39. The van der Waals surface area contributed by atoms with Crippen LogP contribution in [0.2, 0.25) is 18.1 Å². The molecular formula is C20H32O4Si. The molecule has 0 N–H and O–H groups in total. The maximum absolute atomic E-state index is 12.2. The molecule has 25 heavy (non-hydrogen) atoms. The molecule has 2 rings (SSSR count). The molecule has 0 amide bonds. The lowest BCUT2D eigenvalue weighted by Gasteiger charge is -2.42. The van der Waals surface area contributed by atoms with Gasteiger partial charge >= 0.3 is 5.97 Å². The van der Waals surface area contributed by atoms with Crippen LogP contribution < -0.4 is 0 Å². The van der Waals surface area contributed by atoms with Crippen molar-refractivity contribution in [3.8, 4) is 0 Å². The van der Waals surface area contributed by atoms with Crippen LogP contribution in [-0.4, -0.2) is 33.1 Å². The topological polar surface area (TPSA) is 44.8 Å². The fourth-order valence-corrected chi connectivity index (χ4v) is 4.03. The third-order valence-electron chi connectivity index (χ3n) is 5.24. The predicted octanol–water partition coefficient (Wildman–Crippen LogP) is 4.69. The Labute approximate surface area is 153 Å². The van der Waals surface area contributed by atoms with Crippen molar-refractivity contribution in [2.45, 2.75) is 77.0 Å². The molecular weight excluding hydrogens is 332 g/mol. The minimum absolute atomic E-state index is 0.0149. The summed E-state index contributed by atoms with van der Waals surface area (Å²) in [5, 5.41) is 0.142. The second-order valence-corrected chi connectivity index (χ2v) is 13.1. The smallest absolute Gasteiger partial charge is 0.308 e. The number of ether oxygens (including phenoxy) is 2. The zero-order chi connectivity index (χ0) is 18.5. The Hall–Kier alpha value is -1.17. The number of hydrogen-bond acceptors (Lipinski definition) is 4. The lowest BCUT2D eigenvalue weighted by molar-refractivity contribution is -0.152. The first-order valence-electron chi connectivity index (χ1n) is 9.18. The Balaban J connectivity index is 1.90. The first-order valence-corrected chi connectivity index (χ1v) is 12.1. The molecule has 140 valence electrons. The Morgan fingerprint density at radius 1 is 1.24 bits per heavy atom. The summed E-state index contributed by atoms with van der Waals surface area (Å²) in [5.41, 5.74) is 0.995. The molecule has 1 saturated heterocycles. The van der Waals surface area contributed by atoms with Gasteiger partial charge < -0.3 is 13.9 Å². The molecule has 0 saturated carbocycles. The van der Waals surface area contributed by atoms with Crippen LogP contribution in [0.5, 0.6) is 0 Å². The molecule has 1 aliphatic rings. The van der Waals surface area contributed by atoms with Gasteiger partial charge in [-0.15, -0.1) is 0 Å². The van der Waals surface area contributed by atoms with Gasteiger partial charge in [-0.3, -0.25) is 4.79 Å². The first-order chi connectivity index (χ1) is 11.7. The normalized spacial score (nSPS) is 21.8. The van der Waals surface area contributed by atoms with E-state index >= 15 is 0 Å². The third-order valence-corrected chi connectivity index (χ3v) is 9.75. The second kappa shape index (κ2) is 8.47. The molecule has 5 heteroatoms. The molecule has 0 aromatic heterocycles. The van der Waals surface area contributed by atoms with E-state index in [1.54, 1.807) is 0 Å². The van der Waals surface area contributed by atoms with Crippen LogP contribution in [0.15, 0.2) is 30.3 Å². The fourth-order valence-electron chi connectivity index (χ4n) is 2.65. The number of carbonyl (C=O) groups is 1. The summed E-state index contributed by atoms with van der Waals surface area (Å²) in [6.07, 6.45) is 1.97. The quantitative estimate of drug-likeness (QED) is 0.543. The van der Waals surface area contributed by atoms with E-state index in [4.69, 9.17) is 13.9 Å². The SMILES string of the molecule is CC(C)(C)[Si](C)(C)O[C@@H]1CCCO[C@@H]1CC(=O)OCc1ccccc1. The van der Waals surface area contributed by atoms with E-state index in [1.165, 1.54) is 0 Å². The van der Waals surface area contributed by atoms with Crippen LogP contribution in [0.4, 0.5) is 0 Å². The number of hydrogen-bond donors (Lipinski definition) is 0. The van der Waals surface area contributed by atoms with Crippen LogP contribution in [0, 0.1) is 0 Å². The van der Waals surface area contributed by atoms with Crippen molar-refractivity contribution in [2.75, 3.05) is 6.61 Å². The van der Waals surface area contributed by atoms with Crippen LogP contribution >= 0.6 is 0 Å². The van der Waals surface area contributed by atoms with E-state index in [2.05, 4.69) is 33.9 Å². The number of carbonyl (C=O) groups excluding carboxylic acids is 1. The second-order valence-electron chi connectivity index (χ2n) is 8.32. The minimum atomic E-state index is -1.89. The zero-order valence-electron chi connectivity index (χ0n) is 16.2. The van der Waals surface area contributed by atoms with Crippen molar-refractivity contribution in [1.82, 2.24) is 0 Å². The molecule has 4 nitrogen and oxygen atoms in total. The van der Waals surface area contributed by atoms with Crippen molar-refractivity contribution in [1.29, 1.82) is 0 Å². The highest BCUT2D eigenvalue weighted by Gasteiger charge is 2.42. The maximum atomic E-state index is 12.2. The van der Waals surface area contributed by atoms with E-state index in [0.717, 1.165) is 18.4 Å². The van der Waals surface area contributed by atoms with Gasteiger partial charge in [0.15, 0.2) is 8.32 Å². The summed E-state index contributed by atoms with van der Waals surface area (Å²) in [5.74, 6) is -0.223. The van der Waals surface area contributed by atoms with E-state index in [0.29, 0.717) is 13.2 Å². The first kappa shape index (κ1) is 20.1. The predicted molar refractivity (Wildman–Crippen MR) is 102 cm³/mol. The van der Waals surface area contributed by atoms with Gasteiger partial charge in [0.1, 0.15) is 6.61 Å². The Morgan fingerprint density at radius 2 is 1.92 bits per heavy atom. The van der Waals surface area contributed by atoms with E-state index in [1.807, 2.05) is 30.3 Å². The molecule has 0 unspecified atom stereocenters. The number of rotatable bonds is 6. The molecule has 2 atom stereocenters. The van der Waals surface area contributed by atoms with E-state index in [-0.39, 0.29) is 29.6 Å². The van der Waals surface area contributed by atoms with Gasteiger partial charge in [-0.25, -0.2) is 0 Å². The van der Waals surface area contributed by atoms with Crippen molar-refractivity contribution in [3.05, 3.63) is 35.9 Å². The summed E-state index contributed by atoms with van der Waals surface area (Å²) in [6, 6.07) is 9.73. The van der Waals surface area contributed by atoms with Crippen molar-refractivity contribution in [3.63, 3.8) is 0 Å². The zero-order valence-corrected chi connectivity index (χ0v) is 17.2. The van der Waals surface area contributed by atoms with Crippen LogP contribution in [0.25, 0.3) is 0 Å². The molecule has 0 radical (unpaired) electrons. The average molecular weight is 365 g/mol. The lowest BCUT2D eigenvalue weighted by Crippen LogP contribution is -2.49. The molecule has 1 aromatic rings. The van der Waals surface area contributed by atoms with Gasteiger partial charge in [0.25, 0.3) is 0 Å². The van der Waals surface area contributed by atoms with Gasteiger partial charge in [0.2, 0.25) is 0 Å². The summed E-state index contributed by atoms with van der Waals surface area (Å²) in [6.45, 7) is 12.2. The van der Waals surface area contributed by atoms with Crippen molar-refractivity contribution in [2.24, 2.45) is 0 Å². The average Bonchev–Trinajstić information content (AvgIpc) is 2.54. The summed E-state index contributed by atoms with van der Waals surface area (Å²) < 4.78 is 17.8.